The maximum absolute atomic E-state index is 11.0. The third-order valence-electron chi connectivity index (χ3n) is 4.16. The SMILES string of the molecule is O=C(O)C1CNC2CCC3(CC2C1)OC=CO3. The van der Waals surface area contributed by atoms with Crippen LogP contribution >= 0.6 is 0 Å². The number of ether oxygens (including phenoxy) is 2. The lowest BCUT2D eigenvalue weighted by atomic mass is 9.73. The molecule has 1 saturated carbocycles. The third kappa shape index (κ3) is 1.88. The van der Waals surface area contributed by atoms with Crippen molar-refractivity contribution in [1.29, 1.82) is 0 Å². The minimum atomic E-state index is -0.707. The van der Waals surface area contributed by atoms with Gasteiger partial charge < -0.3 is 19.9 Å². The Kier molecular flexibility index (Phi) is 2.50. The summed E-state index contributed by atoms with van der Waals surface area (Å²) in [5.74, 6) is -1.16. The van der Waals surface area contributed by atoms with E-state index in [-0.39, 0.29) is 5.92 Å². The van der Waals surface area contributed by atoms with Crippen molar-refractivity contribution >= 4 is 5.97 Å². The zero-order valence-corrected chi connectivity index (χ0v) is 9.59. The van der Waals surface area contributed by atoms with Crippen LogP contribution in [0.3, 0.4) is 0 Å². The molecule has 17 heavy (non-hydrogen) atoms. The van der Waals surface area contributed by atoms with E-state index in [4.69, 9.17) is 14.6 Å². The molecule has 2 aliphatic heterocycles. The number of fused-ring (bicyclic) bond motifs is 1. The second-order valence-corrected chi connectivity index (χ2v) is 5.21. The van der Waals surface area contributed by atoms with Crippen molar-refractivity contribution in [3.63, 3.8) is 0 Å². The fraction of sp³-hybridized carbons (Fsp3) is 0.750. The average molecular weight is 239 g/mol. The molecule has 0 radical (unpaired) electrons. The number of aliphatic carboxylic acids is 1. The first kappa shape index (κ1) is 10.9. The van der Waals surface area contributed by atoms with Crippen LogP contribution in [0.2, 0.25) is 0 Å². The molecule has 2 fully saturated rings. The molecule has 3 unspecified atom stereocenters. The van der Waals surface area contributed by atoms with E-state index in [0.717, 1.165) is 25.7 Å². The third-order valence-corrected chi connectivity index (χ3v) is 4.16. The molecule has 1 spiro atoms. The first-order valence-electron chi connectivity index (χ1n) is 6.15. The van der Waals surface area contributed by atoms with E-state index >= 15 is 0 Å². The monoisotopic (exact) mass is 239 g/mol. The minimum Gasteiger partial charge on any atom is -0.481 e. The number of hydrogen-bond acceptors (Lipinski definition) is 4. The highest BCUT2D eigenvalue weighted by molar-refractivity contribution is 5.70. The van der Waals surface area contributed by atoms with E-state index in [9.17, 15) is 4.79 Å². The van der Waals surface area contributed by atoms with Gasteiger partial charge in [-0.05, 0) is 18.8 Å². The summed E-state index contributed by atoms with van der Waals surface area (Å²) in [4.78, 5) is 11.0. The van der Waals surface area contributed by atoms with Gasteiger partial charge in [0.1, 0.15) is 12.5 Å². The van der Waals surface area contributed by atoms with Crippen LogP contribution in [0.4, 0.5) is 0 Å². The lowest BCUT2D eigenvalue weighted by Crippen LogP contribution is -2.54. The molecular formula is C12H17NO4. The molecule has 2 N–H and O–H groups in total. The second kappa shape index (κ2) is 3.91. The summed E-state index contributed by atoms with van der Waals surface area (Å²) >= 11 is 0. The van der Waals surface area contributed by atoms with E-state index in [2.05, 4.69) is 5.32 Å². The molecule has 2 heterocycles. The zero-order valence-electron chi connectivity index (χ0n) is 9.59. The highest BCUT2D eigenvalue weighted by Gasteiger charge is 2.47. The first-order chi connectivity index (χ1) is 8.19. The quantitative estimate of drug-likeness (QED) is 0.716. The van der Waals surface area contributed by atoms with Gasteiger partial charge >= 0.3 is 5.97 Å². The number of piperidine rings is 1. The Hall–Kier alpha value is -1.23. The molecule has 1 saturated heterocycles. The van der Waals surface area contributed by atoms with Crippen molar-refractivity contribution in [2.24, 2.45) is 11.8 Å². The minimum absolute atomic E-state index is 0.277. The van der Waals surface area contributed by atoms with Crippen LogP contribution < -0.4 is 5.32 Å². The molecule has 3 aliphatic rings. The standard InChI is InChI=1S/C12H17NO4/c14-11(15)9-5-8-6-12(16-3-4-17-12)2-1-10(8)13-7-9/h3-4,8-10,13H,1-2,5-7H2,(H,14,15). The predicted octanol–water partition coefficient (Wildman–Crippen LogP) is 1.06. The van der Waals surface area contributed by atoms with E-state index < -0.39 is 11.8 Å². The average Bonchev–Trinajstić information content (AvgIpc) is 2.76. The summed E-state index contributed by atoms with van der Waals surface area (Å²) in [7, 11) is 0. The van der Waals surface area contributed by atoms with Crippen LogP contribution in [0.15, 0.2) is 12.5 Å². The molecule has 1 aliphatic carbocycles. The van der Waals surface area contributed by atoms with Crippen LogP contribution in [0.25, 0.3) is 0 Å². The molecule has 94 valence electrons. The van der Waals surface area contributed by atoms with Gasteiger partial charge in [-0.3, -0.25) is 4.79 Å². The molecule has 5 heteroatoms. The van der Waals surface area contributed by atoms with Crippen molar-refractivity contribution in [2.45, 2.75) is 37.5 Å². The van der Waals surface area contributed by atoms with E-state index in [0.29, 0.717) is 18.5 Å². The zero-order chi connectivity index (χ0) is 11.9. The maximum atomic E-state index is 11.0. The van der Waals surface area contributed by atoms with Crippen molar-refractivity contribution < 1.29 is 19.4 Å². The molecule has 3 atom stereocenters. The van der Waals surface area contributed by atoms with Gasteiger partial charge in [-0.2, -0.15) is 0 Å². The molecule has 0 aromatic rings. The normalized spacial score (nSPS) is 38.2. The largest absolute Gasteiger partial charge is 0.481 e. The summed E-state index contributed by atoms with van der Waals surface area (Å²) < 4.78 is 11.1. The lowest BCUT2D eigenvalue weighted by Gasteiger charge is -2.44. The van der Waals surface area contributed by atoms with Gasteiger partial charge in [0.15, 0.2) is 0 Å². The smallest absolute Gasteiger partial charge is 0.307 e. The Labute approximate surface area is 99.8 Å². The number of hydrogen-bond donors (Lipinski definition) is 2. The van der Waals surface area contributed by atoms with Crippen LogP contribution in [-0.2, 0) is 14.3 Å². The summed E-state index contributed by atoms with van der Waals surface area (Å²) in [6.45, 7) is 0.587. The molecular weight excluding hydrogens is 222 g/mol. The summed E-state index contributed by atoms with van der Waals surface area (Å²) in [6.07, 6.45) is 6.53. The molecule has 0 aromatic carbocycles. The Morgan fingerprint density at radius 1 is 1.41 bits per heavy atom. The van der Waals surface area contributed by atoms with Crippen LogP contribution in [0.1, 0.15) is 25.7 Å². The number of nitrogens with one attached hydrogen (secondary N) is 1. The number of carbonyl (C=O) groups is 1. The fourth-order valence-electron chi connectivity index (χ4n) is 3.25. The lowest BCUT2D eigenvalue weighted by molar-refractivity contribution is -0.183. The van der Waals surface area contributed by atoms with E-state index in [1.54, 1.807) is 12.5 Å². The number of carboxylic acids is 1. The van der Waals surface area contributed by atoms with Crippen LogP contribution in [0, 0.1) is 11.8 Å². The molecule has 3 rings (SSSR count). The second-order valence-electron chi connectivity index (χ2n) is 5.21. The van der Waals surface area contributed by atoms with Crippen LogP contribution in [0.5, 0.6) is 0 Å². The molecule has 0 aromatic heterocycles. The highest BCUT2D eigenvalue weighted by atomic mass is 16.7. The maximum Gasteiger partial charge on any atom is 0.307 e. The van der Waals surface area contributed by atoms with E-state index in [1.165, 1.54) is 0 Å². The molecule has 5 nitrogen and oxygen atoms in total. The van der Waals surface area contributed by atoms with Gasteiger partial charge in [-0.15, -0.1) is 0 Å². The first-order valence-corrected chi connectivity index (χ1v) is 6.15. The Morgan fingerprint density at radius 3 is 2.88 bits per heavy atom. The Morgan fingerprint density at radius 2 is 2.18 bits per heavy atom. The molecule has 0 bridgehead atoms. The summed E-state index contributed by atoms with van der Waals surface area (Å²) in [6, 6.07) is 0.420. The van der Waals surface area contributed by atoms with Gasteiger partial charge in [0.2, 0.25) is 5.79 Å². The summed E-state index contributed by atoms with van der Waals surface area (Å²) in [5, 5.41) is 12.4. The van der Waals surface area contributed by atoms with Gasteiger partial charge in [-0.25, -0.2) is 0 Å². The Bertz CT molecular complexity index is 346. The fourth-order valence-corrected chi connectivity index (χ4v) is 3.25. The van der Waals surface area contributed by atoms with E-state index in [1.807, 2.05) is 0 Å². The predicted molar refractivity (Wildman–Crippen MR) is 58.9 cm³/mol. The van der Waals surface area contributed by atoms with Gasteiger partial charge in [0.05, 0.1) is 5.92 Å². The van der Waals surface area contributed by atoms with Gasteiger partial charge in [-0.1, -0.05) is 0 Å². The van der Waals surface area contributed by atoms with Crippen LogP contribution in [-0.4, -0.2) is 29.4 Å². The van der Waals surface area contributed by atoms with Gasteiger partial charge in [0.25, 0.3) is 0 Å². The number of carboxylic acid groups (broad SMARTS) is 1. The number of rotatable bonds is 1. The van der Waals surface area contributed by atoms with Crippen molar-refractivity contribution in [3.05, 3.63) is 12.5 Å². The molecule has 0 amide bonds. The van der Waals surface area contributed by atoms with Crippen molar-refractivity contribution in [3.8, 4) is 0 Å². The van der Waals surface area contributed by atoms with Crippen molar-refractivity contribution in [2.75, 3.05) is 6.54 Å². The summed E-state index contributed by atoms with van der Waals surface area (Å²) in [5.41, 5.74) is 0. The topological polar surface area (TPSA) is 67.8 Å². The highest BCUT2D eigenvalue weighted by Crippen LogP contribution is 2.42. The van der Waals surface area contributed by atoms with Gasteiger partial charge in [0, 0.05) is 25.4 Å². The van der Waals surface area contributed by atoms with Crippen molar-refractivity contribution in [1.82, 2.24) is 5.32 Å². The Balaban J connectivity index is 1.69.